The van der Waals surface area contributed by atoms with Crippen molar-refractivity contribution in [3.8, 4) is 0 Å². The van der Waals surface area contributed by atoms with Crippen LogP contribution in [0.5, 0.6) is 0 Å². The van der Waals surface area contributed by atoms with E-state index in [2.05, 4.69) is 19.1 Å². The van der Waals surface area contributed by atoms with Gasteiger partial charge in [-0.2, -0.15) is 0 Å². The lowest BCUT2D eigenvalue weighted by atomic mass is 10.1. The van der Waals surface area contributed by atoms with Crippen molar-refractivity contribution in [3.63, 3.8) is 0 Å². The van der Waals surface area contributed by atoms with Crippen molar-refractivity contribution < 1.29 is 5.11 Å². The van der Waals surface area contributed by atoms with Gasteiger partial charge in [0.15, 0.2) is 0 Å². The van der Waals surface area contributed by atoms with E-state index in [1.165, 1.54) is 32.1 Å². The first-order chi connectivity index (χ1) is 6.33. The number of hydrogen-bond donors (Lipinski definition) is 1. The molecule has 0 radical (unpaired) electrons. The molecule has 0 aromatic rings. The molecule has 13 heavy (non-hydrogen) atoms. The number of rotatable bonds is 3. The Morgan fingerprint density at radius 3 is 3.08 bits per heavy atom. The van der Waals surface area contributed by atoms with Crippen molar-refractivity contribution in [2.24, 2.45) is 0 Å². The minimum atomic E-state index is 0.301. The van der Waals surface area contributed by atoms with Crippen LogP contribution in [0.15, 0.2) is 12.2 Å². The van der Waals surface area contributed by atoms with Crippen molar-refractivity contribution in [2.45, 2.75) is 49.5 Å². The third kappa shape index (κ3) is 4.72. The molecule has 0 saturated heterocycles. The van der Waals surface area contributed by atoms with Gasteiger partial charge in [-0.25, -0.2) is 0 Å². The second-order valence-corrected chi connectivity index (χ2v) is 5.42. The highest BCUT2D eigenvalue weighted by atomic mass is 32.2. The Balaban J connectivity index is 2.32. The summed E-state index contributed by atoms with van der Waals surface area (Å²) in [4.78, 5) is 0. The molecule has 1 aliphatic rings. The molecule has 0 spiro atoms. The standard InChI is InChI=1S/C11H20OS/c1-10(9-12)13-11-7-5-3-2-4-6-8-11/h5,7,10-12H,2-4,6,8-9H2,1H3/b7-5-. The number of aliphatic hydroxyl groups excluding tert-OH is 1. The zero-order valence-corrected chi connectivity index (χ0v) is 9.22. The lowest BCUT2D eigenvalue weighted by molar-refractivity contribution is 0.300. The van der Waals surface area contributed by atoms with Crippen LogP contribution >= 0.6 is 11.8 Å². The summed E-state index contributed by atoms with van der Waals surface area (Å²) in [6.45, 7) is 2.40. The van der Waals surface area contributed by atoms with Gasteiger partial charge < -0.3 is 5.11 Å². The van der Waals surface area contributed by atoms with Crippen molar-refractivity contribution in [3.05, 3.63) is 12.2 Å². The predicted molar refractivity (Wildman–Crippen MR) is 60.2 cm³/mol. The number of allylic oxidation sites excluding steroid dienone is 1. The van der Waals surface area contributed by atoms with E-state index in [0.29, 0.717) is 17.1 Å². The fourth-order valence-electron chi connectivity index (χ4n) is 1.58. The molecule has 2 heteroatoms. The number of aliphatic hydroxyl groups is 1. The molecule has 1 rings (SSSR count). The van der Waals surface area contributed by atoms with E-state index in [1.807, 2.05) is 11.8 Å². The molecule has 0 aromatic heterocycles. The van der Waals surface area contributed by atoms with Gasteiger partial charge in [-0.3, -0.25) is 0 Å². The number of thioether (sulfide) groups is 1. The molecular weight excluding hydrogens is 180 g/mol. The average molecular weight is 200 g/mol. The maximum absolute atomic E-state index is 8.95. The monoisotopic (exact) mass is 200 g/mol. The Morgan fingerprint density at radius 1 is 1.46 bits per heavy atom. The van der Waals surface area contributed by atoms with Crippen molar-refractivity contribution in [1.82, 2.24) is 0 Å². The van der Waals surface area contributed by atoms with E-state index in [9.17, 15) is 0 Å². The first-order valence-electron chi connectivity index (χ1n) is 5.26. The molecule has 1 N–H and O–H groups in total. The molecule has 0 fully saturated rings. The van der Waals surface area contributed by atoms with Crippen LogP contribution in [-0.2, 0) is 0 Å². The lowest BCUT2D eigenvalue weighted by Gasteiger charge is -2.17. The summed E-state index contributed by atoms with van der Waals surface area (Å²) in [6, 6.07) is 0. The molecular formula is C11H20OS. The molecule has 0 bridgehead atoms. The topological polar surface area (TPSA) is 20.2 Å². The van der Waals surface area contributed by atoms with Crippen molar-refractivity contribution in [2.75, 3.05) is 6.61 Å². The van der Waals surface area contributed by atoms with Crippen LogP contribution in [0.1, 0.15) is 39.0 Å². The highest BCUT2D eigenvalue weighted by Gasteiger charge is 2.11. The maximum Gasteiger partial charge on any atom is 0.0547 e. The van der Waals surface area contributed by atoms with Crippen LogP contribution in [0.25, 0.3) is 0 Å². The summed E-state index contributed by atoms with van der Waals surface area (Å²) < 4.78 is 0. The second-order valence-electron chi connectivity index (χ2n) is 3.73. The molecule has 0 aliphatic heterocycles. The molecule has 0 amide bonds. The maximum atomic E-state index is 8.95. The van der Waals surface area contributed by atoms with E-state index in [-0.39, 0.29) is 0 Å². The predicted octanol–water partition coefficient (Wildman–Crippen LogP) is 2.99. The molecule has 2 atom stereocenters. The highest BCUT2D eigenvalue weighted by molar-refractivity contribution is 8.00. The fourth-order valence-corrected chi connectivity index (χ4v) is 2.77. The quantitative estimate of drug-likeness (QED) is 0.707. The van der Waals surface area contributed by atoms with Crippen LogP contribution in [0.2, 0.25) is 0 Å². The van der Waals surface area contributed by atoms with Crippen LogP contribution in [0, 0.1) is 0 Å². The fraction of sp³-hybridized carbons (Fsp3) is 0.818. The highest BCUT2D eigenvalue weighted by Crippen LogP contribution is 2.25. The zero-order valence-electron chi connectivity index (χ0n) is 8.41. The first kappa shape index (κ1) is 11.1. The average Bonchev–Trinajstić information content (AvgIpc) is 2.09. The minimum absolute atomic E-state index is 0.301. The van der Waals surface area contributed by atoms with Gasteiger partial charge in [0.2, 0.25) is 0 Å². The van der Waals surface area contributed by atoms with E-state index in [4.69, 9.17) is 5.11 Å². The van der Waals surface area contributed by atoms with Gasteiger partial charge in [-0.1, -0.05) is 31.9 Å². The molecule has 76 valence electrons. The summed E-state index contributed by atoms with van der Waals surface area (Å²) in [5.74, 6) is 0. The van der Waals surface area contributed by atoms with Crippen molar-refractivity contribution in [1.29, 1.82) is 0 Å². The molecule has 1 nitrogen and oxygen atoms in total. The van der Waals surface area contributed by atoms with Crippen LogP contribution in [-0.4, -0.2) is 22.2 Å². The van der Waals surface area contributed by atoms with Gasteiger partial charge in [0.25, 0.3) is 0 Å². The summed E-state index contributed by atoms with van der Waals surface area (Å²) in [5.41, 5.74) is 0. The number of hydrogen-bond acceptors (Lipinski definition) is 2. The van der Waals surface area contributed by atoms with Crippen LogP contribution in [0.3, 0.4) is 0 Å². The Labute approximate surface area is 85.6 Å². The molecule has 0 heterocycles. The van der Waals surface area contributed by atoms with Crippen LogP contribution < -0.4 is 0 Å². The van der Waals surface area contributed by atoms with Gasteiger partial charge in [-0.15, -0.1) is 11.8 Å². The van der Waals surface area contributed by atoms with Gasteiger partial charge in [0.05, 0.1) is 6.61 Å². The van der Waals surface area contributed by atoms with Gasteiger partial charge in [-0.05, 0) is 19.3 Å². The smallest absolute Gasteiger partial charge is 0.0547 e. The normalized spacial score (nSPS) is 28.9. The molecule has 2 unspecified atom stereocenters. The summed E-state index contributed by atoms with van der Waals surface area (Å²) >= 11 is 1.91. The van der Waals surface area contributed by atoms with E-state index >= 15 is 0 Å². The third-order valence-electron chi connectivity index (χ3n) is 2.37. The molecule has 0 aromatic carbocycles. The lowest BCUT2D eigenvalue weighted by Crippen LogP contribution is -2.10. The molecule has 0 saturated carbocycles. The van der Waals surface area contributed by atoms with Crippen molar-refractivity contribution >= 4 is 11.8 Å². The largest absolute Gasteiger partial charge is 0.395 e. The van der Waals surface area contributed by atoms with Gasteiger partial charge in [0.1, 0.15) is 0 Å². The second kappa shape index (κ2) is 6.50. The Bertz CT molecular complexity index is 156. The Morgan fingerprint density at radius 2 is 2.31 bits per heavy atom. The van der Waals surface area contributed by atoms with E-state index < -0.39 is 0 Å². The SMILES string of the molecule is CC(CO)SC1/C=C\CCCCC1. The summed E-state index contributed by atoms with van der Waals surface area (Å²) in [5, 5.41) is 9.97. The van der Waals surface area contributed by atoms with Gasteiger partial charge >= 0.3 is 0 Å². The first-order valence-corrected chi connectivity index (χ1v) is 6.20. The third-order valence-corrected chi connectivity index (χ3v) is 3.73. The summed E-state index contributed by atoms with van der Waals surface area (Å²) in [6.07, 6.45) is 11.2. The van der Waals surface area contributed by atoms with E-state index in [0.717, 1.165) is 0 Å². The van der Waals surface area contributed by atoms with Gasteiger partial charge in [0, 0.05) is 10.5 Å². The molecule has 1 aliphatic carbocycles. The Hall–Kier alpha value is 0.0500. The van der Waals surface area contributed by atoms with Crippen LogP contribution in [0.4, 0.5) is 0 Å². The Kier molecular flexibility index (Phi) is 5.56. The summed E-state index contributed by atoms with van der Waals surface area (Å²) in [7, 11) is 0. The zero-order chi connectivity index (χ0) is 9.52. The minimum Gasteiger partial charge on any atom is -0.395 e. The van der Waals surface area contributed by atoms with E-state index in [1.54, 1.807) is 0 Å².